The molecule has 0 heterocycles. The van der Waals surface area contributed by atoms with Crippen molar-refractivity contribution in [3.63, 3.8) is 0 Å². The highest BCUT2D eigenvalue weighted by Gasteiger charge is 2.39. The van der Waals surface area contributed by atoms with Gasteiger partial charge in [-0.05, 0) is 196 Å². The van der Waals surface area contributed by atoms with Gasteiger partial charge in [-0.2, -0.15) is 0 Å². The first-order chi connectivity index (χ1) is 35.7. The van der Waals surface area contributed by atoms with E-state index in [1.807, 2.05) is 0 Å². The van der Waals surface area contributed by atoms with Gasteiger partial charge in [-0.15, -0.1) is 0 Å². The van der Waals surface area contributed by atoms with Crippen molar-refractivity contribution in [2.75, 3.05) is 39.3 Å². The highest BCUT2D eigenvalue weighted by molar-refractivity contribution is 6.00. The van der Waals surface area contributed by atoms with E-state index in [0.29, 0.717) is 103 Å². The smallest absolute Gasteiger partial charge is 0.245 e. The second-order valence-electron chi connectivity index (χ2n) is 20.9. The van der Waals surface area contributed by atoms with Crippen LogP contribution in [0.4, 0.5) is 0 Å². The Morgan fingerprint density at radius 1 is 0.316 bits per heavy atom. The van der Waals surface area contributed by atoms with Crippen LogP contribution in [-0.2, 0) is 47.9 Å². The quantitative estimate of drug-likeness (QED) is 0.0269. The minimum absolute atomic E-state index is 0.0782. The van der Waals surface area contributed by atoms with Crippen molar-refractivity contribution in [2.45, 2.75) is 217 Å². The molecule has 0 aromatic heterocycles. The van der Waals surface area contributed by atoms with Gasteiger partial charge in [-0.25, -0.2) is 0 Å². The minimum atomic E-state index is -1.70. The number of primary amides is 1. The van der Waals surface area contributed by atoms with E-state index < -0.39 is 112 Å². The van der Waals surface area contributed by atoms with Gasteiger partial charge in [0.1, 0.15) is 52.9 Å². The average molecular weight is 1080 g/mol. The summed E-state index contributed by atoms with van der Waals surface area (Å²) in [5.74, 6) is -6.92. The van der Waals surface area contributed by atoms with E-state index in [9.17, 15) is 47.9 Å². The summed E-state index contributed by atoms with van der Waals surface area (Å²) in [6.45, 7) is 11.7. The predicted octanol–water partition coefficient (Wildman–Crippen LogP) is -3.14. The Balaban J connectivity index is 6.59. The number of rotatable bonds is 42. The van der Waals surface area contributed by atoms with Gasteiger partial charge in [0.05, 0.1) is 0 Å². The first-order valence-electron chi connectivity index (χ1n) is 26.9. The fourth-order valence-electron chi connectivity index (χ4n) is 7.67. The van der Waals surface area contributed by atoms with Crippen LogP contribution in [0.25, 0.3) is 0 Å². The molecule has 0 radical (unpaired) electrons. The van der Waals surface area contributed by atoms with Crippen molar-refractivity contribution in [3.8, 4) is 0 Å². The first-order valence-corrected chi connectivity index (χ1v) is 26.9. The van der Waals surface area contributed by atoms with Crippen molar-refractivity contribution in [1.29, 1.82) is 0 Å². The lowest BCUT2D eigenvalue weighted by atomic mass is 9.98. The molecule has 76 heavy (non-hydrogen) atoms. The second-order valence-corrected chi connectivity index (χ2v) is 20.9. The Kier molecular flexibility index (Phi) is 34.6. The molecule has 438 valence electrons. The second kappa shape index (κ2) is 37.3. The molecule has 0 aliphatic rings. The van der Waals surface area contributed by atoms with E-state index in [1.54, 1.807) is 0 Å². The van der Waals surface area contributed by atoms with E-state index in [-0.39, 0.29) is 51.6 Å². The standard InChI is InChI=1S/C50H98N16O10/c1-32(67)58-33(20-8-14-26-51)39(68)59-37(24-12-18-30-55)43(72)65-49(4,5)46(75)63-35(22-10-16-28-53)41(70)61-38(25-13-19-31-56)44(73)66-50(6,7)47(76)62-34(21-9-15-27-52)40(69)60-36(23-11-17-29-54)42(71)64-48(2,3)45(57)74/h33-38H,8-31,51-56H2,1-7H3,(H2,57,74)(H,58,67)(H,59,68)(H,60,69)(H,61,70)(H,62,76)(H,63,75)(H,64,71)(H,65,72)(H,66,73). The third-order valence-electron chi connectivity index (χ3n) is 12.6. The highest BCUT2D eigenvalue weighted by atomic mass is 16.2. The van der Waals surface area contributed by atoms with Gasteiger partial charge >= 0.3 is 0 Å². The molecule has 10 amide bonds. The maximum atomic E-state index is 14.2. The highest BCUT2D eigenvalue weighted by Crippen LogP contribution is 2.14. The lowest BCUT2D eigenvalue weighted by Crippen LogP contribution is -2.64. The van der Waals surface area contributed by atoms with E-state index in [1.165, 1.54) is 48.5 Å². The van der Waals surface area contributed by atoms with Gasteiger partial charge in [0, 0.05) is 6.92 Å². The fraction of sp³-hybridized carbons (Fsp3) is 0.800. The molecule has 0 saturated heterocycles. The van der Waals surface area contributed by atoms with E-state index in [0.717, 1.165) is 0 Å². The molecule has 0 aromatic rings. The fourth-order valence-corrected chi connectivity index (χ4v) is 7.67. The zero-order valence-corrected chi connectivity index (χ0v) is 46.6. The molecule has 23 N–H and O–H groups in total. The van der Waals surface area contributed by atoms with Crippen LogP contribution in [0.2, 0.25) is 0 Å². The molecule has 0 aromatic carbocycles. The summed E-state index contributed by atoms with van der Waals surface area (Å²) in [7, 11) is 0. The van der Waals surface area contributed by atoms with Crippen LogP contribution in [0.15, 0.2) is 0 Å². The number of hydrogen-bond donors (Lipinski definition) is 16. The molecule has 0 bridgehead atoms. The van der Waals surface area contributed by atoms with Crippen molar-refractivity contribution < 1.29 is 47.9 Å². The molecule has 6 unspecified atom stereocenters. The monoisotopic (exact) mass is 1080 g/mol. The molecule has 26 heteroatoms. The SMILES string of the molecule is CC(=O)NC(CCCCN)C(=O)NC(CCCCN)C(=O)NC(C)(C)C(=O)NC(CCCCN)C(=O)NC(CCCCN)C(=O)NC(C)(C)C(=O)NC(CCCCN)C(=O)NC(CCCCN)C(=O)NC(C)(C)C(N)=O. The number of amides is 10. The number of nitrogens with two attached hydrogens (primary N) is 7. The van der Waals surface area contributed by atoms with Gasteiger partial charge in [0.15, 0.2) is 0 Å². The maximum absolute atomic E-state index is 14.2. The summed E-state index contributed by atoms with van der Waals surface area (Å²) in [6.07, 6.45) is 6.69. The van der Waals surface area contributed by atoms with Crippen LogP contribution in [0.1, 0.15) is 164 Å². The minimum Gasteiger partial charge on any atom is -0.368 e. The van der Waals surface area contributed by atoms with Gasteiger partial charge in [0.2, 0.25) is 59.1 Å². The Bertz CT molecular complexity index is 1850. The Labute approximate surface area is 450 Å². The molecule has 0 fully saturated rings. The van der Waals surface area contributed by atoms with Gasteiger partial charge < -0.3 is 88.0 Å². The summed E-state index contributed by atoms with van der Waals surface area (Å²) in [6, 6.07) is -6.86. The van der Waals surface area contributed by atoms with Crippen molar-refractivity contribution in [3.05, 3.63) is 0 Å². The van der Waals surface area contributed by atoms with E-state index >= 15 is 0 Å². The zero-order chi connectivity index (χ0) is 58.1. The largest absolute Gasteiger partial charge is 0.368 e. The van der Waals surface area contributed by atoms with Crippen LogP contribution in [0.3, 0.4) is 0 Å². The number of carbonyl (C=O) groups is 10. The summed E-state index contributed by atoms with van der Waals surface area (Å²) in [4.78, 5) is 135. The van der Waals surface area contributed by atoms with Crippen molar-refractivity contribution >= 4 is 59.1 Å². The van der Waals surface area contributed by atoms with Gasteiger partial charge in [-0.3, -0.25) is 47.9 Å². The van der Waals surface area contributed by atoms with Crippen LogP contribution >= 0.6 is 0 Å². The number of nitrogens with one attached hydrogen (secondary N) is 9. The molecule has 26 nitrogen and oxygen atoms in total. The Hall–Kier alpha value is -5.54. The van der Waals surface area contributed by atoms with Crippen LogP contribution in [-0.4, -0.2) is 151 Å². The molecular formula is C50H98N16O10. The Morgan fingerprint density at radius 3 is 0.737 bits per heavy atom. The van der Waals surface area contributed by atoms with Crippen LogP contribution in [0.5, 0.6) is 0 Å². The summed E-state index contributed by atoms with van der Waals surface area (Å²) < 4.78 is 0. The first kappa shape index (κ1) is 70.5. The summed E-state index contributed by atoms with van der Waals surface area (Å²) >= 11 is 0. The number of hydrogen-bond acceptors (Lipinski definition) is 16. The van der Waals surface area contributed by atoms with Crippen LogP contribution < -0.4 is 88.0 Å². The molecular weight excluding hydrogens is 985 g/mol. The van der Waals surface area contributed by atoms with Crippen molar-refractivity contribution in [2.24, 2.45) is 40.1 Å². The summed E-state index contributed by atoms with van der Waals surface area (Å²) in [5, 5.41) is 24.2. The maximum Gasteiger partial charge on any atom is 0.245 e. The van der Waals surface area contributed by atoms with Crippen molar-refractivity contribution in [1.82, 2.24) is 47.9 Å². The normalized spacial score (nSPS) is 14.1. The molecule has 0 spiro atoms. The molecule has 0 aliphatic carbocycles. The van der Waals surface area contributed by atoms with Gasteiger partial charge in [-0.1, -0.05) is 0 Å². The summed E-state index contributed by atoms with van der Waals surface area (Å²) in [5.41, 5.74) is 35.0. The molecule has 0 rings (SSSR count). The number of unbranched alkanes of at least 4 members (excludes halogenated alkanes) is 6. The lowest BCUT2D eigenvalue weighted by molar-refractivity contribution is -0.138. The third kappa shape index (κ3) is 28.0. The zero-order valence-electron chi connectivity index (χ0n) is 46.6. The topological polar surface area (TPSA) is 461 Å². The molecule has 0 aliphatic heterocycles. The average Bonchev–Trinajstić information content (AvgIpc) is 3.33. The Morgan fingerprint density at radius 2 is 0.526 bits per heavy atom. The molecule has 6 atom stereocenters. The third-order valence-corrected chi connectivity index (χ3v) is 12.6. The predicted molar refractivity (Wildman–Crippen MR) is 291 cm³/mol. The van der Waals surface area contributed by atoms with E-state index in [2.05, 4.69) is 47.9 Å². The van der Waals surface area contributed by atoms with E-state index in [4.69, 9.17) is 40.1 Å². The lowest BCUT2D eigenvalue weighted by Gasteiger charge is -2.32. The van der Waals surface area contributed by atoms with Crippen LogP contribution in [0, 0.1) is 0 Å². The van der Waals surface area contributed by atoms with Gasteiger partial charge in [0.25, 0.3) is 0 Å². The number of carbonyl (C=O) groups excluding carboxylic acids is 10. The molecule has 0 saturated carbocycles.